The minimum atomic E-state index is 0.396. The van der Waals surface area contributed by atoms with Crippen LogP contribution in [-0.4, -0.2) is 49.8 Å². The molecule has 0 amide bonds. The molecule has 0 aromatic heterocycles. The Morgan fingerprint density at radius 2 is 2.12 bits per heavy atom. The maximum absolute atomic E-state index is 5.58. The number of hydrogen-bond acceptors (Lipinski definition) is 3. The Bertz CT molecular complexity index is 185. The first-order chi connectivity index (χ1) is 7.63. The van der Waals surface area contributed by atoms with Crippen LogP contribution in [0, 0.1) is 5.92 Å². The van der Waals surface area contributed by atoms with Crippen LogP contribution in [-0.2, 0) is 4.74 Å². The maximum atomic E-state index is 5.58. The molecule has 0 saturated carbocycles. The van der Waals surface area contributed by atoms with Crippen LogP contribution in [0.4, 0.5) is 0 Å². The summed E-state index contributed by atoms with van der Waals surface area (Å²) in [5.74, 6) is 0.737. The highest BCUT2D eigenvalue weighted by molar-refractivity contribution is 4.77. The molecule has 96 valence electrons. The fraction of sp³-hybridized carbons (Fsp3) is 1.00. The van der Waals surface area contributed by atoms with Crippen molar-refractivity contribution < 1.29 is 4.74 Å². The molecule has 0 aliphatic carbocycles. The summed E-state index contributed by atoms with van der Waals surface area (Å²) in [6.45, 7) is 14.3. The van der Waals surface area contributed by atoms with Gasteiger partial charge >= 0.3 is 0 Å². The van der Waals surface area contributed by atoms with Crippen molar-refractivity contribution in [1.29, 1.82) is 0 Å². The van der Waals surface area contributed by atoms with Gasteiger partial charge in [-0.05, 0) is 25.8 Å². The maximum Gasteiger partial charge on any atom is 0.0674 e. The smallest absolute Gasteiger partial charge is 0.0674 e. The van der Waals surface area contributed by atoms with Crippen molar-refractivity contribution in [1.82, 2.24) is 10.2 Å². The number of ether oxygens (including phenoxy) is 1. The molecular weight excluding hydrogens is 200 g/mol. The van der Waals surface area contributed by atoms with Gasteiger partial charge in [-0.25, -0.2) is 0 Å². The molecule has 3 nitrogen and oxygen atoms in total. The molecule has 0 radical (unpaired) electrons. The predicted octanol–water partition coefficient (Wildman–Crippen LogP) is 1.73. The second-order valence-corrected chi connectivity index (χ2v) is 5.29. The SMILES string of the molecule is CCC(CNCC(C)C)N1CCOC(C)C1. The van der Waals surface area contributed by atoms with Crippen molar-refractivity contribution in [3.8, 4) is 0 Å². The molecule has 1 fully saturated rings. The molecule has 1 saturated heterocycles. The molecule has 2 unspecified atom stereocenters. The largest absolute Gasteiger partial charge is 0.376 e. The van der Waals surface area contributed by atoms with Crippen LogP contribution >= 0.6 is 0 Å². The van der Waals surface area contributed by atoms with Gasteiger partial charge < -0.3 is 10.1 Å². The van der Waals surface area contributed by atoms with Crippen molar-refractivity contribution in [2.24, 2.45) is 5.92 Å². The summed E-state index contributed by atoms with van der Waals surface area (Å²) in [7, 11) is 0. The lowest BCUT2D eigenvalue weighted by Gasteiger charge is -2.37. The molecule has 16 heavy (non-hydrogen) atoms. The lowest BCUT2D eigenvalue weighted by molar-refractivity contribution is -0.0343. The molecule has 0 aromatic rings. The topological polar surface area (TPSA) is 24.5 Å². The molecule has 2 atom stereocenters. The normalized spacial score (nSPS) is 24.9. The summed E-state index contributed by atoms with van der Waals surface area (Å²) in [6, 6.07) is 0.671. The van der Waals surface area contributed by atoms with E-state index in [4.69, 9.17) is 4.74 Å². The van der Waals surface area contributed by atoms with E-state index in [-0.39, 0.29) is 0 Å². The average Bonchev–Trinajstić information content (AvgIpc) is 2.24. The van der Waals surface area contributed by atoms with E-state index >= 15 is 0 Å². The summed E-state index contributed by atoms with van der Waals surface area (Å²) in [5, 5.41) is 3.57. The van der Waals surface area contributed by atoms with E-state index in [1.165, 1.54) is 6.42 Å². The van der Waals surface area contributed by atoms with Crippen LogP contribution in [0.1, 0.15) is 34.1 Å². The molecule has 0 aromatic carbocycles. The van der Waals surface area contributed by atoms with Crippen LogP contribution < -0.4 is 5.32 Å². The van der Waals surface area contributed by atoms with Gasteiger partial charge in [0.2, 0.25) is 0 Å². The Morgan fingerprint density at radius 1 is 1.38 bits per heavy atom. The fourth-order valence-corrected chi connectivity index (χ4v) is 2.25. The Balaban J connectivity index is 2.28. The van der Waals surface area contributed by atoms with Crippen LogP contribution in [0.5, 0.6) is 0 Å². The van der Waals surface area contributed by atoms with Gasteiger partial charge in [-0.1, -0.05) is 20.8 Å². The molecule has 1 heterocycles. The third-order valence-electron chi connectivity index (χ3n) is 3.19. The van der Waals surface area contributed by atoms with Crippen LogP contribution in [0.25, 0.3) is 0 Å². The minimum absolute atomic E-state index is 0.396. The Kier molecular flexibility index (Phi) is 6.32. The molecule has 1 aliphatic heterocycles. The molecule has 3 heteroatoms. The number of rotatable bonds is 6. The van der Waals surface area contributed by atoms with Crippen molar-refractivity contribution >= 4 is 0 Å². The van der Waals surface area contributed by atoms with Gasteiger partial charge in [-0.2, -0.15) is 0 Å². The number of nitrogens with one attached hydrogen (secondary N) is 1. The molecular formula is C13H28N2O. The van der Waals surface area contributed by atoms with Crippen LogP contribution in [0.3, 0.4) is 0 Å². The molecule has 1 aliphatic rings. The summed E-state index contributed by atoms with van der Waals surface area (Å²) in [6.07, 6.45) is 1.62. The first-order valence-corrected chi connectivity index (χ1v) is 6.69. The number of nitrogens with zero attached hydrogens (tertiary/aromatic N) is 1. The van der Waals surface area contributed by atoms with Gasteiger partial charge in [0.1, 0.15) is 0 Å². The second-order valence-electron chi connectivity index (χ2n) is 5.29. The van der Waals surface area contributed by atoms with Gasteiger partial charge in [-0.3, -0.25) is 4.90 Å². The van der Waals surface area contributed by atoms with E-state index in [2.05, 4.69) is 37.9 Å². The third kappa shape index (κ3) is 4.81. The van der Waals surface area contributed by atoms with Crippen LogP contribution in [0.2, 0.25) is 0 Å². The monoisotopic (exact) mass is 228 g/mol. The first kappa shape index (κ1) is 13.9. The van der Waals surface area contributed by atoms with Gasteiger partial charge in [0.25, 0.3) is 0 Å². The lowest BCUT2D eigenvalue weighted by Crippen LogP contribution is -2.50. The molecule has 0 spiro atoms. The standard InChI is InChI=1S/C13H28N2O/c1-5-13(9-14-8-11(2)3)15-6-7-16-12(4)10-15/h11-14H,5-10H2,1-4H3. The predicted molar refractivity (Wildman–Crippen MR) is 68.8 cm³/mol. The molecule has 0 bridgehead atoms. The summed E-state index contributed by atoms with van der Waals surface area (Å²) < 4.78 is 5.58. The number of morpholine rings is 1. The van der Waals surface area contributed by atoms with Crippen molar-refractivity contribution in [3.05, 3.63) is 0 Å². The van der Waals surface area contributed by atoms with Gasteiger partial charge in [0, 0.05) is 25.7 Å². The zero-order valence-electron chi connectivity index (χ0n) is 11.3. The van der Waals surface area contributed by atoms with E-state index in [0.717, 1.165) is 38.7 Å². The Morgan fingerprint density at radius 3 is 2.69 bits per heavy atom. The summed E-state index contributed by atoms with van der Waals surface area (Å²) >= 11 is 0. The highest BCUT2D eigenvalue weighted by Crippen LogP contribution is 2.10. The van der Waals surface area contributed by atoms with Crippen LogP contribution in [0.15, 0.2) is 0 Å². The van der Waals surface area contributed by atoms with Crippen molar-refractivity contribution in [2.45, 2.75) is 46.3 Å². The lowest BCUT2D eigenvalue weighted by atomic mass is 10.1. The highest BCUT2D eigenvalue weighted by atomic mass is 16.5. The quantitative estimate of drug-likeness (QED) is 0.749. The minimum Gasteiger partial charge on any atom is -0.376 e. The average molecular weight is 228 g/mol. The second kappa shape index (κ2) is 7.25. The van der Waals surface area contributed by atoms with Crippen molar-refractivity contribution in [3.63, 3.8) is 0 Å². The van der Waals surface area contributed by atoms with E-state index < -0.39 is 0 Å². The van der Waals surface area contributed by atoms with Gasteiger partial charge in [0.05, 0.1) is 12.7 Å². The van der Waals surface area contributed by atoms with Crippen molar-refractivity contribution in [2.75, 3.05) is 32.8 Å². The summed E-state index contributed by atoms with van der Waals surface area (Å²) in [4.78, 5) is 2.57. The zero-order chi connectivity index (χ0) is 12.0. The van der Waals surface area contributed by atoms with E-state index in [0.29, 0.717) is 12.1 Å². The van der Waals surface area contributed by atoms with E-state index in [1.807, 2.05) is 0 Å². The Hall–Kier alpha value is -0.120. The van der Waals surface area contributed by atoms with E-state index in [1.54, 1.807) is 0 Å². The molecule has 1 N–H and O–H groups in total. The first-order valence-electron chi connectivity index (χ1n) is 6.69. The summed E-state index contributed by atoms with van der Waals surface area (Å²) in [5.41, 5.74) is 0. The Labute approximate surface area is 101 Å². The zero-order valence-corrected chi connectivity index (χ0v) is 11.3. The van der Waals surface area contributed by atoms with Gasteiger partial charge in [-0.15, -0.1) is 0 Å². The fourth-order valence-electron chi connectivity index (χ4n) is 2.25. The highest BCUT2D eigenvalue weighted by Gasteiger charge is 2.22. The van der Waals surface area contributed by atoms with E-state index in [9.17, 15) is 0 Å². The molecule has 1 rings (SSSR count). The third-order valence-corrected chi connectivity index (χ3v) is 3.19. The number of hydrogen-bond donors (Lipinski definition) is 1. The van der Waals surface area contributed by atoms with Gasteiger partial charge in [0.15, 0.2) is 0 Å².